The zero-order valence-corrected chi connectivity index (χ0v) is 25.1. The molecular formula is C29H37ClN6O4S. The highest BCUT2D eigenvalue weighted by Gasteiger charge is 2.23. The highest BCUT2D eigenvalue weighted by molar-refractivity contribution is 7.92. The van der Waals surface area contributed by atoms with E-state index in [1.807, 2.05) is 18.2 Å². The molecule has 0 bridgehead atoms. The molecule has 2 amide bonds. The van der Waals surface area contributed by atoms with Crippen LogP contribution in [0.2, 0.25) is 5.02 Å². The number of nitrogens with one attached hydrogen (secondary N) is 4. The minimum atomic E-state index is -3.55. The number of halogens is 1. The monoisotopic (exact) mass is 600 g/mol. The van der Waals surface area contributed by atoms with Gasteiger partial charge >= 0.3 is 6.03 Å². The van der Waals surface area contributed by atoms with Gasteiger partial charge < -0.3 is 26.0 Å². The maximum atomic E-state index is 12.9. The zero-order chi connectivity index (χ0) is 29.4. The number of carbonyl (C=O) groups excluding carboxylic acids is 1. The Morgan fingerprint density at radius 1 is 1.07 bits per heavy atom. The number of para-hydroxylation sites is 1. The van der Waals surface area contributed by atoms with Crippen molar-refractivity contribution in [2.45, 2.75) is 68.6 Å². The Hall–Kier alpha value is -3.57. The number of hydrogen-bond acceptors (Lipinski definition) is 8. The third-order valence-corrected chi connectivity index (χ3v) is 9.45. The topological polar surface area (TPSA) is 134 Å². The quantitative estimate of drug-likeness (QED) is 0.211. The molecule has 41 heavy (non-hydrogen) atoms. The summed E-state index contributed by atoms with van der Waals surface area (Å²) in [6.07, 6.45) is 7.69. The molecule has 3 aromatic rings. The van der Waals surface area contributed by atoms with Crippen LogP contribution < -0.4 is 26.0 Å². The van der Waals surface area contributed by atoms with E-state index in [0.717, 1.165) is 31.2 Å². The van der Waals surface area contributed by atoms with E-state index in [9.17, 15) is 13.2 Å². The summed E-state index contributed by atoms with van der Waals surface area (Å²) < 4.78 is 31.3. The highest BCUT2D eigenvalue weighted by atomic mass is 35.5. The van der Waals surface area contributed by atoms with Gasteiger partial charge in [-0.2, -0.15) is 4.98 Å². The van der Waals surface area contributed by atoms with Crippen LogP contribution in [0.3, 0.4) is 0 Å². The van der Waals surface area contributed by atoms with Crippen molar-refractivity contribution in [2.75, 3.05) is 24.3 Å². The lowest BCUT2D eigenvalue weighted by molar-refractivity contribution is 0.233. The van der Waals surface area contributed by atoms with Gasteiger partial charge in [-0.15, -0.1) is 0 Å². The zero-order valence-electron chi connectivity index (χ0n) is 23.5. The third-order valence-electron chi connectivity index (χ3n) is 6.96. The summed E-state index contributed by atoms with van der Waals surface area (Å²) in [7, 11) is -1.98. The Kier molecular flexibility index (Phi) is 10.3. The first-order chi connectivity index (χ1) is 19.7. The predicted molar refractivity (Wildman–Crippen MR) is 162 cm³/mol. The second-order valence-corrected chi connectivity index (χ2v) is 13.1. The first-order valence-corrected chi connectivity index (χ1v) is 15.7. The van der Waals surface area contributed by atoms with Crippen molar-refractivity contribution in [1.82, 2.24) is 20.6 Å². The van der Waals surface area contributed by atoms with Crippen LogP contribution in [0.15, 0.2) is 53.6 Å². The minimum absolute atomic E-state index is 0.138. The number of carbonyl (C=O) groups is 1. The number of nitrogens with zero attached hydrogens (tertiary/aromatic N) is 2. The van der Waals surface area contributed by atoms with E-state index in [4.69, 9.17) is 16.3 Å². The lowest BCUT2D eigenvalue weighted by Gasteiger charge is -2.22. The van der Waals surface area contributed by atoms with E-state index in [0.29, 0.717) is 30.1 Å². The van der Waals surface area contributed by atoms with Crippen LogP contribution in [0.1, 0.15) is 51.5 Å². The van der Waals surface area contributed by atoms with E-state index in [-0.39, 0.29) is 33.8 Å². The van der Waals surface area contributed by atoms with Gasteiger partial charge in [0.05, 0.1) is 34.8 Å². The van der Waals surface area contributed by atoms with Crippen LogP contribution >= 0.6 is 11.6 Å². The fraction of sp³-hybridized carbons (Fsp3) is 0.414. The molecule has 0 atom stereocenters. The molecule has 1 heterocycles. The van der Waals surface area contributed by atoms with Gasteiger partial charge in [-0.25, -0.2) is 18.2 Å². The molecule has 0 radical (unpaired) electrons. The number of sulfone groups is 1. The van der Waals surface area contributed by atoms with Crippen LogP contribution in [-0.2, 0) is 16.3 Å². The maximum absolute atomic E-state index is 12.9. The van der Waals surface area contributed by atoms with Gasteiger partial charge in [-0.05, 0) is 62.9 Å². The molecule has 1 aliphatic rings. The Labute approximate surface area is 246 Å². The largest absolute Gasteiger partial charge is 0.495 e. The van der Waals surface area contributed by atoms with Gasteiger partial charge in [0.25, 0.3) is 0 Å². The fourth-order valence-electron chi connectivity index (χ4n) is 4.65. The molecular weight excluding hydrogens is 564 g/mol. The fourth-order valence-corrected chi connectivity index (χ4v) is 5.99. The van der Waals surface area contributed by atoms with Gasteiger partial charge in [0.1, 0.15) is 10.8 Å². The Balaban J connectivity index is 1.45. The van der Waals surface area contributed by atoms with Crippen molar-refractivity contribution in [2.24, 2.45) is 0 Å². The Morgan fingerprint density at radius 2 is 1.83 bits per heavy atom. The molecule has 4 N–H and O–H groups in total. The average molecular weight is 601 g/mol. The van der Waals surface area contributed by atoms with Gasteiger partial charge in [0.2, 0.25) is 5.95 Å². The molecule has 2 aromatic carbocycles. The predicted octanol–water partition coefficient (Wildman–Crippen LogP) is 5.98. The molecule has 0 unspecified atom stereocenters. The number of hydrogen-bond donors (Lipinski definition) is 4. The Bertz CT molecular complexity index is 1460. The number of rotatable bonds is 11. The summed E-state index contributed by atoms with van der Waals surface area (Å²) in [4.78, 5) is 21.2. The number of aromatic nitrogens is 2. The smallest absolute Gasteiger partial charge is 0.315 e. The molecule has 1 saturated carbocycles. The molecule has 0 saturated heterocycles. The highest BCUT2D eigenvalue weighted by Crippen LogP contribution is 2.32. The van der Waals surface area contributed by atoms with Crippen LogP contribution in [-0.4, -0.2) is 49.4 Å². The van der Waals surface area contributed by atoms with Gasteiger partial charge in [-0.1, -0.05) is 49.1 Å². The van der Waals surface area contributed by atoms with Crippen molar-refractivity contribution in [3.05, 3.63) is 59.2 Å². The molecule has 12 heteroatoms. The number of amides is 2. The second kappa shape index (κ2) is 13.9. The molecule has 0 aliphatic heterocycles. The number of urea groups is 1. The Morgan fingerprint density at radius 3 is 2.56 bits per heavy atom. The second-order valence-electron chi connectivity index (χ2n) is 10.2. The third kappa shape index (κ3) is 8.01. The lowest BCUT2D eigenvalue weighted by Crippen LogP contribution is -2.43. The van der Waals surface area contributed by atoms with Crippen molar-refractivity contribution < 1.29 is 17.9 Å². The maximum Gasteiger partial charge on any atom is 0.315 e. The van der Waals surface area contributed by atoms with Gasteiger partial charge in [0, 0.05) is 12.6 Å². The SMILES string of the molecule is COc1ccc(CCNC(=O)NC2CCCCC2)cc1Nc1ncc(Cl)c(Nc2ccccc2S(=O)(=O)C(C)C)n1. The molecule has 1 fully saturated rings. The van der Waals surface area contributed by atoms with Crippen molar-refractivity contribution >= 4 is 50.6 Å². The van der Waals surface area contributed by atoms with Crippen LogP contribution in [0.4, 0.5) is 27.9 Å². The van der Waals surface area contributed by atoms with Crippen molar-refractivity contribution in [3.8, 4) is 5.75 Å². The summed E-state index contributed by atoms with van der Waals surface area (Å²) in [5.41, 5.74) is 1.98. The number of anilines is 4. The van der Waals surface area contributed by atoms with E-state index in [1.54, 1.807) is 45.2 Å². The summed E-state index contributed by atoms with van der Waals surface area (Å²) in [6.45, 7) is 3.75. The first kappa shape index (κ1) is 30.4. The number of ether oxygens (including phenoxy) is 1. The molecule has 10 nitrogen and oxygen atoms in total. The van der Waals surface area contributed by atoms with E-state index < -0.39 is 15.1 Å². The lowest BCUT2D eigenvalue weighted by atomic mass is 9.96. The molecule has 4 rings (SSSR count). The number of methoxy groups -OCH3 is 1. The van der Waals surface area contributed by atoms with E-state index in [1.165, 1.54) is 12.6 Å². The van der Waals surface area contributed by atoms with Crippen molar-refractivity contribution in [3.63, 3.8) is 0 Å². The van der Waals surface area contributed by atoms with Crippen LogP contribution in [0.5, 0.6) is 5.75 Å². The average Bonchev–Trinajstić information content (AvgIpc) is 2.95. The molecule has 1 aliphatic carbocycles. The molecule has 0 spiro atoms. The standard InChI is InChI=1S/C29H37ClN6O4S/c1-19(2)41(38,39)26-12-8-7-11-23(26)34-27-22(30)18-32-28(36-27)35-24-17-20(13-14-25(24)40-3)15-16-31-29(37)33-21-9-5-4-6-10-21/h7-8,11-14,17-19,21H,4-6,9-10,15-16H2,1-3H3,(H2,31,33,37)(H2,32,34,35,36). The van der Waals surface area contributed by atoms with Gasteiger partial charge in [-0.3, -0.25) is 0 Å². The van der Waals surface area contributed by atoms with Gasteiger partial charge in [0.15, 0.2) is 15.7 Å². The molecule has 1 aromatic heterocycles. The first-order valence-electron chi connectivity index (χ1n) is 13.8. The van der Waals surface area contributed by atoms with Crippen LogP contribution in [0, 0.1) is 0 Å². The summed E-state index contributed by atoms with van der Waals surface area (Å²) in [5, 5.41) is 11.9. The van der Waals surface area contributed by atoms with E-state index >= 15 is 0 Å². The summed E-state index contributed by atoms with van der Waals surface area (Å²) in [6, 6.07) is 12.4. The van der Waals surface area contributed by atoms with E-state index in [2.05, 4.69) is 31.2 Å². The minimum Gasteiger partial charge on any atom is -0.495 e. The van der Waals surface area contributed by atoms with Crippen molar-refractivity contribution in [1.29, 1.82) is 0 Å². The molecule has 220 valence electrons. The number of benzene rings is 2. The van der Waals surface area contributed by atoms with Crippen LogP contribution in [0.25, 0.3) is 0 Å². The summed E-state index contributed by atoms with van der Waals surface area (Å²) in [5.74, 6) is 1.07. The normalized spacial score (nSPS) is 14.0. The summed E-state index contributed by atoms with van der Waals surface area (Å²) >= 11 is 6.38.